The van der Waals surface area contributed by atoms with Crippen molar-refractivity contribution in [1.29, 1.82) is 0 Å². The zero-order chi connectivity index (χ0) is 20.2. The number of hydrogen-bond donors (Lipinski definition) is 0. The summed E-state index contributed by atoms with van der Waals surface area (Å²) in [6.45, 7) is 3.86. The lowest BCUT2D eigenvalue weighted by molar-refractivity contribution is -0.108. The molecule has 0 fully saturated rings. The molecule has 0 aliphatic heterocycles. The quantitative estimate of drug-likeness (QED) is 0.309. The van der Waals surface area contributed by atoms with Gasteiger partial charge in [-0.25, -0.2) is 0 Å². The van der Waals surface area contributed by atoms with Crippen LogP contribution in [-0.4, -0.2) is 63.3 Å². The molecule has 5 nitrogen and oxygen atoms in total. The number of aldehydes is 2. The molecule has 1 unspecified atom stereocenters. The Morgan fingerprint density at radius 1 is 1.22 bits per heavy atom. The van der Waals surface area contributed by atoms with E-state index in [1.54, 1.807) is 7.11 Å². The molecule has 1 aromatic rings. The number of allylic oxidation sites excluding steroid dienone is 3. The highest BCUT2D eigenvalue weighted by molar-refractivity contribution is 6.30. The molecule has 0 saturated heterocycles. The van der Waals surface area contributed by atoms with Crippen LogP contribution < -0.4 is 0 Å². The first-order valence-electron chi connectivity index (χ1n) is 8.86. The summed E-state index contributed by atoms with van der Waals surface area (Å²) in [6.07, 6.45) is 5.98. The fourth-order valence-corrected chi connectivity index (χ4v) is 2.84. The molecule has 0 N–H and O–H groups in total. The van der Waals surface area contributed by atoms with Crippen LogP contribution in [0.1, 0.15) is 24.8 Å². The number of ether oxygens (including phenoxy) is 1. The van der Waals surface area contributed by atoms with E-state index in [0.29, 0.717) is 30.3 Å². The summed E-state index contributed by atoms with van der Waals surface area (Å²) >= 11 is 5.95. The van der Waals surface area contributed by atoms with Gasteiger partial charge in [-0.1, -0.05) is 23.7 Å². The maximum atomic E-state index is 11.7. The molecule has 0 bridgehead atoms. The number of likely N-dealkylation sites (N-methyl/N-ethyl adjacent to an activating group) is 2. The van der Waals surface area contributed by atoms with E-state index < -0.39 is 0 Å². The van der Waals surface area contributed by atoms with Gasteiger partial charge in [-0.05, 0) is 42.5 Å². The molecule has 0 aliphatic rings. The molecule has 0 aliphatic carbocycles. The highest BCUT2D eigenvalue weighted by atomic mass is 35.5. The molecule has 0 aromatic heterocycles. The summed E-state index contributed by atoms with van der Waals surface area (Å²) in [5.41, 5.74) is 2.48. The summed E-state index contributed by atoms with van der Waals surface area (Å²) in [5.74, 6) is -0.0131. The summed E-state index contributed by atoms with van der Waals surface area (Å²) in [4.78, 5) is 26.7. The monoisotopic (exact) mass is 392 g/mol. The molecule has 6 heteroatoms. The van der Waals surface area contributed by atoms with Crippen LogP contribution in [0.15, 0.2) is 47.8 Å². The summed E-state index contributed by atoms with van der Waals surface area (Å²) in [7, 11) is 5.48. The van der Waals surface area contributed by atoms with Crippen molar-refractivity contribution in [3.8, 4) is 0 Å². The van der Waals surface area contributed by atoms with Crippen LogP contribution in [0, 0.1) is 0 Å². The van der Waals surface area contributed by atoms with Crippen LogP contribution in [0.4, 0.5) is 0 Å². The molecule has 1 aromatic carbocycles. The predicted molar refractivity (Wildman–Crippen MR) is 110 cm³/mol. The fraction of sp³-hybridized carbons (Fsp3) is 0.429. The van der Waals surface area contributed by atoms with E-state index >= 15 is 0 Å². The number of carbonyl (C=O) groups is 2. The fourth-order valence-electron chi connectivity index (χ4n) is 2.71. The normalized spacial score (nSPS) is 13.2. The van der Waals surface area contributed by atoms with Crippen LogP contribution in [0.3, 0.4) is 0 Å². The first-order valence-corrected chi connectivity index (χ1v) is 9.24. The Hall–Kier alpha value is -2.11. The van der Waals surface area contributed by atoms with Crippen molar-refractivity contribution in [2.75, 3.05) is 40.9 Å². The predicted octanol–water partition coefficient (Wildman–Crippen LogP) is 3.51. The third-order valence-corrected chi connectivity index (χ3v) is 4.62. The first-order chi connectivity index (χ1) is 12.9. The Morgan fingerprint density at radius 3 is 2.44 bits per heavy atom. The Labute approximate surface area is 167 Å². The number of rotatable bonds is 12. The molecular formula is C21H29ClN2O3. The number of hydrogen-bond acceptors (Lipinski definition) is 5. The lowest BCUT2D eigenvalue weighted by Crippen LogP contribution is -2.26. The Kier molecular flexibility index (Phi) is 10.5. The van der Waals surface area contributed by atoms with Crippen molar-refractivity contribution in [2.24, 2.45) is 0 Å². The van der Waals surface area contributed by atoms with Crippen LogP contribution in [-0.2, 0) is 14.3 Å². The zero-order valence-electron chi connectivity index (χ0n) is 16.5. The van der Waals surface area contributed by atoms with Crippen molar-refractivity contribution in [3.05, 3.63) is 58.4 Å². The van der Waals surface area contributed by atoms with Gasteiger partial charge in [0.15, 0.2) is 6.29 Å². The van der Waals surface area contributed by atoms with Gasteiger partial charge in [0, 0.05) is 51.7 Å². The van der Waals surface area contributed by atoms with Gasteiger partial charge in [-0.2, -0.15) is 0 Å². The van der Waals surface area contributed by atoms with E-state index in [1.807, 2.05) is 67.4 Å². The molecule has 0 saturated carbocycles. The first kappa shape index (κ1) is 22.9. The molecule has 0 heterocycles. The highest BCUT2D eigenvalue weighted by Gasteiger charge is 2.16. The molecule has 1 rings (SSSR count). The lowest BCUT2D eigenvalue weighted by Gasteiger charge is -2.26. The van der Waals surface area contributed by atoms with Gasteiger partial charge in [0.05, 0.1) is 12.3 Å². The van der Waals surface area contributed by atoms with Crippen molar-refractivity contribution in [2.45, 2.75) is 19.3 Å². The number of halogens is 1. The molecule has 1 atom stereocenters. The number of benzene rings is 1. The van der Waals surface area contributed by atoms with E-state index in [-0.39, 0.29) is 5.92 Å². The Balaban J connectivity index is 2.91. The summed E-state index contributed by atoms with van der Waals surface area (Å²) in [5, 5.41) is 0.656. The average molecular weight is 393 g/mol. The second kappa shape index (κ2) is 12.3. The largest absolute Gasteiger partial charge is 0.383 e. The SMILES string of the molecule is COCCN(C)/C=C\C(C)=C(/C=O)N(C)CC(CC=O)c1ccc(Cl)cc1. The maximum absolute atomic E-state index is 11.7. The topological polar surface area (TPSA) is 49.9 Å². The van der Waals surface area contributed by atoms with E-state index in [4.69, 9.17) is 16.3 Å². The van der Waals surface area contributed by atoms with Gasteiger partial charge in [0.2, 0.25) is 0 Å². The minimum absolute atomic E-state index is 0.0131. The molecule has 148 valence electrons. The lowest BCUT2D eigenvalue weighted by atomic mass is 9.95. The molecule has 0 amide bonds. The van der Waals surface area contributed by atoms with Crippen LogP contribution in [0.25, 0.3) is 0 Å². The van der Waals surface area contributed by atoms with E-state index in [1.165, 1.54) is 0 Å². The average Bonchev–Trinajstić information content (AvgIpc) is 2.65. The van der Waals surface area contributed by atoms with Crippen LogP contribution >= 0.6 is 11.6 Å². The van der Waals surface area contributed by atoms with Gasteiger partial charge in [0.25, 0.3) is 0 Å². The minimum Gasteiger partial charge on any atom is -0.383 e. The Bertz CT molecular complexity index is 656. The summed E-state index contributed by atoms with van der Waals surface area (Å²) < 4.78 is 5.05. The molecule has 0 radical (unpaired) electrons. The van der Waals surface area contributed by atoms with E-state index in [2.05, 4.69) is 0 Å². The second-order valence-corrected chi connectivity index (χ2v) is 6.94. The maximum Gasteiger partial charge on any atom is 0.166 e. The van der Waals surface area contributed by atoms with Gasteiger partial charge >= 0.3 is 0 Å². The van der Waals surface area contributed by atoms with Crippen LogP contribution in [0.2, 0.25) is 5.02 Å². The van der Waals surface area contributed by atoms with Crippen molar-refractivity contribution < 1.29 is 14.3 Å². The Morgan fingerprint density at radius 2 is 1.89 bits per heavy atom. The standard InChI is InChI=1S/C21H29ClN2O3/c1-17(9-11-23(2)12-14-27-4)21(16-26)24(3)15-19(10-13-25)18-5-7-20(22)8-6-18/h5-9,11,13,16,19H,10,12,14-15H2,1-4H3/b11-9-,21-17+. The van der Waals surface area contributed by atoms with Gasteiger partial charge in [-0.3, -0.25) is 4.79 Å². The van der Waals surface area contributed by atoms with Crippen LogP contribution in [0.5, 0.6) is 0 Å². The summed E-state index contributed by atoms with van der Waals surface area (Å²) in [6, 6.07) is 7.47. The van der Waals surface area contributed by atoms with E-state index in [9.17, 15) is 9.59 Å². The number of carbonyl (C=O) groups excluding carboxylic acids is 2. The second-order valence-electron chi connectivity index (χ2n) is 6.51. The molecule has 0 spiro atoms. The van der Waals surface area contributed by atoms with E-state index in [0.717, 1.165) is 30.3 Å². The van der Waals surface area contributed by atoms with Crippen molar-refractivity contribution >= 4 is 24.2 Å². The molecule has 27 heavy (non-hydrogen) atoms. The number of methoxy groups -OCH3 is 1. The zero-order valence-corrected chi connectivity index (χ0v) is 17.3. The van der Waals surface area contributed by atoms with Gasteiger partial charge < -0.3 is 19.3 Å². The highest BCUT2D eigenvalue weighted by Crippen LogP contribution is 2.23. The number of nitrogens with zero attached hydrogens (tertiary/aromatic N) is 2. The third kappa shape index (κ3) is 7.97. The minimum atomic E-state index is -0.0131. The van der Waals surface area contributed by atoms with Crippen molar-refractivity contribution in [1.82, 2.24) is 9.80 Å². The van der Waals surface area contributed by atoms with Crippen molar-refractivity contribution in [3.63, 3.8) is 0 Å². The molecular weight excluding hydrogens is 364 g/mol. The van der Waals surface area contributed by atoms with Gasteiger partial charge in [0.1, 0.15) is 6.29 Å². The van der Waals surface area contributed by atoms with Gasteiger partial charge in [-0.15, -0.1) is 0 Å². The third-order valence-electron chi connectivity index (χ3n) is 4.37. The smallest absolute Gasteiger partial charge is 0.166 e.